The van der Waals surface area contributed by atoms with Gasteiger partial charge in [-0.05, 0) is 76.0 Å². The van der Waals surface area contributed by atoms with Gasteiger partial charge >= 0.3 is 0 Å². The third kappa shape index (κ3) is 2.51. The number of hydrogen-bond donors (Lipinski definition) is 2. The van der Waals surface area contributed by atoms with Gasteiger partial charge in [-0.15, -0.1) is 0 Å². The molecule has 0 bridgehead atoms. The van der Waals surface area contributed by atoms with Crippen molar-refractivity contribution in [1.29, 1.82) is 0 Å². The fourth-order valence-electron chi connectivity index (χ4n) is 8.41. The van der Waals surface area contributed by atoms with Crippen molar-refractivity contribution >= 4 is 5.91 Å². The summed E-state index contributed by atoms with van der Waals surface area (Å²) >= 11 is 0. The largest absolute Gasteiger partial charge is 0.393 e. The Morgan fingerprint density at radius 2 is 2.00 bits per heavy atom. The summed E-state index contributed by atoms with van der Waals surface area (Å²) in [4.78, 5) is 14.5. The average Bonchev–Trinajstić information content (AvgIpc) is 2.90. The normalized spacial score (nSPS) is 50.6. The van der Waals surface area contributed by atoms with E-state index in [1.165, 1.54) is 0 Å². The molecule has 3 unspecified atom stereocenters. The molecule has 2 saturated carbocycles. The third-order valence-corrected chi connectivity index (χ3v) is 9.04. The molecular formula is C23H37NO3. The van der Waals surface area contributed by atoms with Crippen LogP contribution in [0.2, 0.25) is 0 Å². The van der Waals surface area contributed by atoms with Gasteiger partial charge in [-0.25, -0.2) is 0 Å². The van der Waals surface area contributed by atoms with E-state index in [2.05, 4.69) is 26.8 Å². The first-order chi connectivity index (χ1) is 12.6. The molecule has 1 heterocycles. The molecule has 0 aromatic carbocycles. The molecular weight excluding hydrogens is 338 g/mol. The monoisotopic (exact) mass is 375 g/mol. The summed E-state index contributed by atoms with van der Waals surface area (Å²) in [6.07, 6.45) is 7.34. The van der Waals surface area contributed by atoms with E-state index in [4.69, 9.17) is 0 Å². The third-order valence-electron chi connectivity index (χ3n) is 9.04. The Kier molecular flexibility index (Phi) is 4.37. The van der Waals surface area contributed by atoms with Crippen LogP contribution in [0.1, 0.15) is 73.1 Å². The molecule has 3 fully saturated rings. The number of fused-ring (bicyclic) bond motifs is 5. The maximum Gasteiger partial charge on any atom is 0.226 e. The van der Waals surface area contributed by atoms with Crippen LogP contribution in [-0.2, 0) is 4.79 Å². The molecule has 27 heavy (non-hydrogen) atoms. The standard InChI is InChI=1S/C23H37NO3/c1-6-24-18-10-7-15-17-9-8-16(14(2)25)22(17,4)13-23(5,27)20(15)21(18,3)12-11-19(24)26/h10,14-17,20,25,27H,6-9,11-13H2,1-5H3/t14-,15?,16-,17?,20?,21+,22-,23+/m1/s1. The molecule has 0 aromatic rings. The Labute approximate surface area is 164 Å². The number of allylic oxidation sites excluding steroid dienone is 2. The van der Waals surface area contributed by atoms with Crippen LogP contribution < -0.4 is 0 Å². The molecule has 4 rings (SSSR count). The Balaban J connectivity index is 1.79. The number of rotatable bonds is 2. The molecule has 1 aliphatic heterocycles. The molecule has 0 spiro atoms. The van der Waals surface area contributed by atoms with Gasteiger partial charge in [-0.1, -0.05) is 19.9 Å². The minimum absolute atomic E-state index is 0.00450. The quantitative estimate of drug-likeness (QED) is 0.773. The number of hydrogen-bond acceptors (Lipinski definition) is 3. The topological polar surface area (TPSA) is 60.8 Å². The molecule has 1 saturated heterocycles. The highest BCUT2D eigenvalue weighted by Gasteiger charge is 2.66. The van der Waals surface area contributed by atoms with Crippen LogP contribution in [-0.4, -0.2) is 39.3 Å². The second kappa shape index (κ2) is 6.06. The summed E-state index contributed by atoms with van der Waals surface area (Å²) in [5.41, 5.74) is 0.244. The highest BCUT2D eigenvalue weighted by molar-refractivity contribution is 5.80. The molecule has 1 amide bonds. The predicted molar refractivity (Wildman–Crippen MR) is 106 cm³/mol. The predicted octanol–water partition coefficient (Wildman–Crippen LogP) is 3.72. The number of carbonyl (C=O) groups is 1. The molecule has 8 atom stereocenters. The van der Waals surface area contributed by atoms with Crippen molar-refractivity contribution in [3.05, 3.63) is 11.8 Å². The number of amides is 1. The van der Waals surface area contributed by atoms with E-state index in [0.29, 0.717) is 24.8 Å². The zero-order valence-corrected chi connectivity index (χ0v) is 17.7. The van der Waals surface area contributed by atoms with Crippen molar-refractivity contribution in [1.82, 2.24) is 4.90 Å². The van der Waals surface area contributed by atoms with Gasteiger partial charge < -0.3 is 15.1 Å². The Hall–Kier alpha value is -0.870. The molecule has 0 radical (unpaired) electrons. The van der Waals surface area contributed by atoms with Crippen molar-refractivity contribution in [2.24, 2.45) is 34.5 Å². The van der Waals surface area contributed by atoms with E-state index < -0.39 is 5.60 Å². The fourth-order valence-corrected chi connectivity index (χ4v) is 8.41. The van der Waals surface area contributed by atoms with Gasteiger partial charge in [0.25, 0.3) is 0 Å². The van der Waals surface area contributed by atoms with Crippen LogP contribution in [0.5, 0.6) is 0 Å². The molecule has 4 nitrogen and oxygen atoms in total. The van der Waals surface area contributed by atoms with Gasteiger partial charge in [0.15, 0.2) is 0 Å². The fraction of sp³-hybridized carbons (Fsp3) is 0.870. The summed E-state index contributed by atoms with van der Waals surface area (Å²) in [5.74, 6) is 1.66. The zero-order chi connectivity index (χ0) is 19.8. The summed E-state index contributed by atoms with van der Waals surface area (Å²) in [6, 6.07) is 0. The smallest absolute Gasteiger partial charge is 0.226 e. The number of aliphatic hydroxyl groups is 2. The van der Waals surface area contributed by atoms with Crippen LogP contribution in [0.3, 0.4) is 0 Å². The Morgan fingerprint density at radius 1 is 1.30 bits per heavy atom. The molecule has 0 aromatic heterocycles. The zero-order valence-electron chi connectivity index (χ0n) is 17.7. The van der Waals surface area contributed by atoms with Crippen LogP contribution in [0.15, 0.2) is 11.8 Å². The number of carbonyl (C=O) groups excluding carboxylic acids is 1. The van der Waals surface area contributed by atoms with Crippen LogP contribution >= 0.6 is 0 Å². The van der Waals surface area contributed by atoms with Gasteiger partial charge in [0.05, 0.1) is 11.7 Å². The van der Waals surface area contributed by atoms with E-state index in [0.717, 1.165) is 37.8 Å². The van der Waals surface area contributed by atoms with Crippen molar-refractivity contribution < 1.29 is 15.0 Å². The summed E-state index contributed by atoms with van der Waals surface area (Å²) in [6.45, 7) is 11.3. The lowest BCUT2D eigenvalue weighted by molar-refractivity contribution is -0.189. The number of aliphatic hydroxyl groups excluding tert-OH is 1. The summed E-state index contributed by atoms with van der Waals surface area (Å²) in [7, 11) is 0. The van der Waals surface area contributed by atoms with Crippen molar-refractivity contribution in [2.45, 2.75) is 84.8 Å². The molecule has 152 valence electrons. The number of likely N-dealkylation sites (tertiary alicyclic amines) is 1. The Bertz CT molecular complexity index is 669. The summed E-state index contributed by atoms with van der Waals surface area (Å²) in [5, 5.41) is 22.2. The lowest BCUT2D eigenvalue weighted by atomic mass is 9.44. The second-order valence-electron chi connectivity index (χ2n) is 10.6. The number of nitrogens with zero attached hydrogens (tertiary/aromatic N) is 1. The first-order valence-corrected chi connectivity index (χ1v) is 11.0. The highest BCUT2D eigenvalue weighted by Crippen LogP contribution is 2.68. The SMILES string of the molecule is CCN1C(=O)CC[C@@]2(C)C1=CCC1C2[C@@](C)(O)C[C@@]2(C)C1CC[C@@H]2[C@@H](C)O. The lowest BCUT2D eigenvalue weighted by Crippen LogP contribution is -2.63. The first kappa shape index (κ1) is 19.4. The lowest BCUT2D eigenvalue weighted by Gasteiger charge is -2.63. The van der Waals surface area contributed by atoms with Gasteiger partial charge in [-0.2, -0.15) is 0 Å². The van der Waals surface area contributed by atoms with E-state index in [9.17, 15) is 15.0 Å². The number of piperidine rings is 1. The van der Waals surface area contributed by atoms with Crippen molar-refractivity contribution in [3.8, 4) is 0 Å². The molecule has 2 N–H and O–H groups in total. The Morgan fingerprint density at radius 3 is 2.63 bits per heavy atom. The van der Waals surface area contributed by atoms with Crippen molar-refractivity contribution in [3.63, 3.8) is 0 Å². The van der Waals surface area contributed by atoms with E-state index >= 15 is 0 Å². The van der Waals surface area contributed by atoms with Crippen LogP contribution in [0, 0.1) is 34.5 Å². The van der Waals surface area contributed by atoms with Gasteiger partial charge in [0.1, 0.15) is 0 Å². The first-order valence-electron chi connectivity index (χ1n) is 11.0. The van der Waals surface area contributed by atoms with E-state index in [1.807, 2.05) is 18.7 Å². The average molecular weight is 376 g/mol. The van der Waals surface area contributed by atoms with Gasteiger partial charge in [-0.3, -0.25) is 4.79 Å². The minimum atomic E-state index is -0.776. The second-order valence-corrected chi connectivity index (χ2v) is 10.6. The molecule has 3 aliphatic carbocycles. The maximum absolute atomic E-state index is 12.5. The van der Waals surface area contributed by atoms with E-state index in [1.54, 1.807) is 0 Å². The van der Waals surface area contributed by atoms with Gasteiger partial charge in [0, 0.05) is 30.0 Å². The minimum Gasteiger partial charge on any atom is -0.393 e. The molecule has 4 aliphatic rings. The van der Waals surface area contributed by atoms with E-state index in [-0.39, 0.29) is 34.7 Å². The molecule has 4 heteroatoms. The van der Waals surface area contributed by atoms with Crippen LogP contribution in [0.4, 0.5) is 0 Å². The highest BCUT2D eigenvalue weighted by atomic mass is 16.3. The summed E-state index contributed by atoms with van der Waals surface area (Å²) < 4.78 is 0. The van der Waals surface area contributed by atoms with Crippen molar-refractivity contribution in [2.75, 3.05) is 6.54 Å². The van der Waals surface area contributed by atoms with Gasteiger partial charge in [0.2, 0.25) is 5.91 Å². The maximum atomic E-state index is 12.5. The van der Waals surface area contributed by atoms with Crippen LogP contribution in [0.25, 0.3) is 0 Å².